The number of carbonyl (C=O) groups excluding carboxylic acids is 2. The number of likely N-dealkylation sites (N-methyl/N-ethyl adjacent to an activating group) is 1. The second-order valence-corrected chi connectivity index (χ2v) is 8.83. The van der Waals surface area contributed by atoms with Crippen LogP contribution in [0.3, 0.4) is 0 Å². The zero-order chi connectivity index (χ0) is 24.9. The minimum absolute atomic E-state index is 0.0808. The molecule has 1 aliphatic heterocycles. The molecule has 3 aromatic rings. The molecule has 35 heavy (non-hydrogen) atoms. The summed E-state index contributed by atoms with van der Waals surface area (Å²) in [6.07, 6.45) is 3.23. The van der Waals surface area contributed by atoms with E-state index in [1.165, 1.54) is 4.90 Å². The number of aliphatic hydroxyl groups excluding tert-OH is 1. The van der Waals surface area contributed by atoms with E-state index in [1.807, 2.05) is 56.3 Å². The van der Waals surface area contributed by atoms with Gasteiger partial charge in [0.1, 0.15) is 18.1 Å². The van der Waals surface area contributed by atoms with E-state index in [9.17, 15) is 14.7 Å². The molecule has 2 aromatic carbocycles. The van der Waals surface area contributed by atoms with Gasteiger partial charge >= 0.3 is 0 Å². The van der Waals surface area contributed by atoms with Crippen molar-refractivity contribution in [3.8, 4) is 5.75 Å². The summed E-state index contributed by atoms with van der Waals surface area (Å²) in [4.78, 5) is 33.6. The SMILES string of the molecule is Cc1cc(C(O)=C2C(=O)C(=O)N(CCN(C)C)C2c2ccncc2)ccc1OCc1ccccc1. The zero-order valence-corrected chi connectivity index (χ0v) is 20.1. The van der Waals surface area contributed by atoms with E-state index in [0.29, 0.717) is 31.0 Å². The Kier molecular flexibility index (Phi) is 7.27. The van der Waals surface area contributed by atoms with Crippen molar-refractivity contribution in [3.63, 3.8) is 0 Å². The summed E-state index contributed by atoms with van der Waals surface area (Å²) in [5.74, 6) is -0.822. The van der Waals surface area contributed by atoms with Gasteiger partial charge in [-0.15, -0.1) is 0 Å². The fraction of sp³-hybridized carbons (Fsp3) is 0.250. The molecule has 0 saturated carbocycles. The van der Waals surface area contributed by atoms with Crippen molar-refractivity contribution in [1.82, 2.24) is 14.8 Å². The van der Waals surface area contributed by atoms with Gasteiger partial charge in [0.25, 0.3) is 11.7 Å². The number of amides is 1. The Morgan fingerprint density at radius 2 is 1.77 bits per heavy atom. The van der Waals surface area contributed by atoms with Crippen molar-refractivity contribution in [2.45, 2.75) is 19.6 Å². The molecule has 0 radical (unpaired) electrons. The van der Waals surface area contributed by atoms with E-state index in [2.05, 4.69) is 4.98 Å². The first kappa shape index (κ1) is 24.2. The number of aliphatic hydroxyl groups is 1. The highest BCUT2D eigenvalue weighted by Crippen LogP contribution is 2.39. The predicted molar refractivity (Wildman–Crippen MR) is 134 cm³/mol. The van der Waals surface area contributed by atoms with Crippen LogP contribution in [-0.4, -0.2) is 58.8 Å². The van der Waals surface area contributed by atoms with Crippen LogP contribution in [-0.2, 0) is 16.2 Å². The maximum atomic E-state index is 13.1. The van der Waals surface area contributed by atoms with Gasteiger partial charge in [0.2, 0.25) is 0 Å². The smallest absolute Gasteiger partial charge is 0.295 e. The minimum Gasteiger partial charge on any atom is -0.507 e. The van der Waals surface area contributed by atoms with Gasteiger partial charge in [-0.1, -0.05) is 30.3 Å². The van der Waals surface area contributed by atoms with Crippen molar-refractivity contribution in [1.29, 1.82) is 0 Å². The zero-order valence-electron chi connectivity index (χ0n) is 20.1. The highest BCUT2D eigenvalue weighted by atomic mass is 16.5. The molecule has 1 N–H and O–H groups in total. The molecule has 1 aromatic heterocycles. The normalized spacial score (nSPS) is 17.3. The average Bonchev–Trinajstić information content (AvgIpc) is 3.12. The van der Waals surface area contributed by atoms with Crippen LogP contribution >= 0.6 is 0 Å². The summed E-state index contributed by atoms with van der Waals surface area (Å²) in [5, 5.41) is 11.3. The average molecular weight is 472 g/mol. The molecule has 0 bridgehead atoms. The summed E-state index contributed by atoms with van der Waals surface area (Å²) in [5.41, 5.74) is 3.12. The molecule has 7 nitrogen and oxygen atoms in total. The second-order valence-electron chi connectivity index (χ2n) is 8.83. The van der Waals surface area contributed by atoms with E-state index in [4.69, 9.17) is 4.74 Å². The number of Topliss-reactive ketones (excluding diaryl/α,β-unsaturated/α-hetero) is 1. The molecule has 1 atom stereocenters. The number of carbonyl (C=O) groups is 2. The van der Waals surface area contributed by atoms with Crippen molar-refractivity contribution in [3.05, 3.63) is 101 Å². The third kappa shape index (κ3) is 5.25. The number of benzene rings is 2. The Morgan fingerprint density at radius 1 is 1.06 bits per heavy atom. The minimum atomic E-state index is -0.690. The molecule has 4 rings (SSSR count). The monoisotopic (exact) mass is 471 g/mol. The predicted octanol–water partition coefficient (Wildman–Crippen LogP) is 3.95. The van der Waals surface area contributed by atoms with Gasteiger partial charge in [0.05, 0.1) is 11.6 Å². The van der Waals surface area contributed by atoms with Gasteiger partial charge < -0.3 is 19.6 Å². The Balaban J connectivity index is 1.68. The Hall–Kier alpha value is -3.97. The van der Waals surface area contributed by atoms with Crippen LogP contribution in [0.25, 0.3) is 5.76 Å². The van der Waals surface area contributed by atoms with Crippen molar-refractivity contribution in [2.75, 3.05) is 27.2 Å². The summed E-state index contributed by atoms with van der Waals surface area (Å²) >= 11 is 0. The molecule has 1 amide bonds. The summed E-state index contributed by atoms with van der Waals surface area (Å²) in [6, 6.07) is 17.9. The van der Waals surface area contributed by atoms with E-state index in [0.717, 1.165) is 16.7 Å². The summed E-state index contributed by atoms with van der Waals surface area (Å²) < 4.78 is 5.94. The highest BCUT2D eigenvalue weighted by molar-refractivity contribution is 6.46. The van der Waals surface area contributed by atoms with Gasteiger partial charge in [-0.3, -0.25) is 14.6 Å². The lowest BCUT2D eigenvalue weighted by Gasteiger charge is -2.26. The van der Waals surface area contributed by atoms with Crippen LogP contribution in [0.1, 0.15) is 28.3 Å². The lowest BCUT2D eigenvalue weighted by atomic mass is 9.95. The molecule has 0 spiro atoms. The molecule has 1 unspecified atom stereocenters. The van der Waals surface area contributed by atoms with Gasteiger partial charge in [-0.05, 0) is 68.0 Å². The summed E-state index contributed by atoms with van der Waals surface area (Å²) in [6.45, 7) is 3.24. The number of rotatable bonds is 8. The topological polar surface area (TPSA) is 83.0 Å². The Bertz CT molecular complexity index is 1240. The van der Waals surface area contributed by atoms with Crippen LogP contribution in [0.4, 0.5) is 0 Å². The fourth-order valence-corrected chi connectivity index (χ4v) is 4.16. The molecular formula is C28H29N3O4. The molecule has 180 valence electrons. The first-order chi connectivity index (χ1) is 16.9. The van der Waals surface area contributed by atoms with Gasteiger partial charge in [-0.25, -0.2) is 0 Å². The molecular weight excluding hydrogens is 442 g/mol. The number of aryl methyl sites for hydroxylation is 1. The van der Waals surface area contributed by atoms with E-state index < -0.39 is 17.7 Å². The fourth-order valence-electron chi connectivity index (χ4n) is 4.16. The largest absolute Gasteiger partial charge is 0.507 e. The van der Waals surface area contributed by atoms with Gasteiger partial charge in [-0.2, -0.15) is 0 Å². The third-order valence-corrected chi connectivity index (χ3v) is 6.04. The van der Waals surface area contributed by atoms with E-state index >= 15 is 0 Å². The van der Waals surface area contributed by atoms with E-state index in [1.54, 1.807) is 42.7 Å². The van der Waals surface area contributed by atoms with Crippen molar-refractivity contribution >= 4 is 17.4 Å². The van der Waals surface area contributed by atoms with Gasteiger partial charge in [0.15, 0.2) is 0 Å². The molecule has 1 fully saturated rings. The quantitative estimate of drug-likeness (QED) is 0.304. The standard InChI is InChI=1S/C28H29N3O4/c1-19-17-22(9-10-23(19)35-18-20-7-5-4-6-8-20)26(32)24-25(21-11-13-29-14-12-21)31(16-15-30(2)3)28(34)27(24)33/h4-14,17,25,32H,15-16,18H2,1-3H3. The number of nitrogens with zero attached hydrogens (tertiary/aromatic N) is 3. The molecule has 7 heteroatoms. The number of hydrogen-bond acceptors (Lipinski definition) is 6. The molecule has 1 saturated heterocycles. The molecule has 2 heterocycles. The second kappa shape index (κ2) is 10.5. The lowest BCUT2D eigenvalue weighted by Crippen LogP contribution is -2.35. The van der Waals surface area contributed by atoms with Gasteiger partial charge in [0, 0.05) is 31.0 Å². The van der Waals surface area contributed by atoms with Crippen molar-refractivity contribution in [2.24, 2.45) is 0 Å². The molecule has 0 aliphatic carbocycles. The third-order valence-electron chi connectivity index (χ3n) is 6.04. The Labute approximate surface area is 205 Å². The highest BCUT2D eigenvalue weighted by Gasteiger charge is 2.45. The van der Waals surface area contributed by atoms with Crippen molar-refractivity contribution < 1.29 is 19.4 Å². The van der Waals surface area contributed by atoms with Crippen LogP contribution in [0.15, 0.2) is 78.6 Å². The first-order valence-corrected chi connectivity index (χ1v) is 11.5. The number of aromatic nitrogens is 1. The van der Waals surface area contributed by atoms with Crippen LogP contribution in [0.2, 0.25) is 0 Å². The maximum Gasteiger partial charge on any atom is 0.295 e. The lowest BCUT2D eigenvalue weighted by molar-refractivity contribution is -0.140. The Morgan fingerprint density at radius 3 is 2.43 bits per heavy atom. The number of pyridine rings is 1. The maximum absolute atomic E-state index is 13.1. The first-order valence-electron chi connectivity index (χ1n) is 11.5. The number of ketones is 1. The van der Waals surface area contributed by atoms with Crippen LogP contribution < -0.4 is 4.74 Å². The van der Waals surface area contributed by atoms with E-state index in [-0.39, 0.29) is 11.3 Å². The molecule has 1 aliphatic rings. The number of ether oxygens (including phenoxy) is 1. The van der Waals surface area contributed by atoms with Crippen LogP contribution in [0.5, 0.6) is 5.75 Å². The number of hydrogen-bond donors (Lipinski definition) is 1. The van der Waals surface area contributed by atoms with Crippen LogP contribution in [0, 0.1) is 6.92 Å². The summed E-state index contributed by atoms with van der Waals surface area (Å²) in [7, 11) is 3.81. The number of likely N-dealkylation sites (tertiary alicyclic amines) is 1.